The minimum Gasteiger partial charge on any atom is -0.416 e. The highest BCUT2D eigenvalue weighted by molar-refractivity contribution is 7.99. The van der Waals surface area contributed by atoms with E-state index in [1.165, 1.54) is 24.6 Å². The number of carbonyl (C=O) groups excluding carboxylic acids is 1. The average Bonchev–Trinajstić information content (AvgIpc) is 2.77. The van der Waals surface area contributed by atoms with E-state index >= 15 is 0 Å². The summed E-state index contributed by atoms with van der Waals surface area (Å²) < 4.78 is 10.5. The van der Waals surface area contributed by atoms with Crippen molar-refractivity contribution in [3.8, 4) is 0 Å². The van der Waals surface area contributed by atoms with E-state index in [1.54, 1.807) is 14.0 Å². The van der Waals surface area contributed by atoms with Crippen LogP contribution in [0.3, 0.4) is 0 Å². The molecule has 23 heavy (non-hydrogen) atoms. The molecule has 3 aliphatic rings. The summed E-state index contributed by atoms with van der Waals surface area (Å²) in [5.41, 5.74) is 0. The van der Waals surface area contributed by atoms with Gasteiger partial charge in [0.15, 0.2) is 0 Å². The number of aryl methyl sites for hydroxylation is 1. The minimum atomic E-state index is 0.163. The third-order valence-electron chi connectivity index (χ3n) is 4.59. The summed E-state index contributed by atoms with van der Waals surface area (Å²) in [5.74, 6) is 1.63. The van der Waals surface area contributed by atoms with Crippen LogP contribution in [-0.4, -0.2) is 77.6 Å². The van der Waals surface area contributed by atoms with Crippen molar-refractivity contribution in [1.29, 1.82) is 0 Å². The topological polar surface area (TPSA) is 71.7 Å². The first kappa shape index (κ1) is 16.7. The van der Waals surface area contributed by atoms with Crippen LogP contribution in [0.2, 0.25) is 0 Å². The van der Waals surface area contributed by atoms with Crippen LogP contribution < -0.4 is 0 Å². The lowest BCUT2D eigenvalue weighted by Gasteiger charge is -2.35. The van der Waals surface area contributed by atoms with E-state index in [-0.39, 0.29) is 5.91 Å². The maximum Gasteiger partial charge on any atom is 0.277 e. The second-order valence-electron chi connectivity index (χ2n) is 6.26. The number of nitrogens with zero attached hydrogens (tertiary/aromatic N) is 4. The SMILES string of the molecule is COCCN1C[C@@H]2CC[C@H]1CN(C(=O)CSc1nnc(C)o1)C2. The van der Waals surface area contributed by atoms with Gasteiger partial charge in [-0.25, -0.2) is 0 Å². The molecule has 0 N–H and O–H groups in total. The first-order chi connectivity index (χ1) is 11.2. The van der Waals surface area contributed by atoms with Crippen molar-refractivity contribution in [3.63, 3.8) is 0 Å². The van der Waals surface area contributed by atoms with Crippen molar-refractivity contribution in [2.45, 2.75) is 31.0 Å². The molecule has 4 rings (SSSR count). The maximum atomic E-state index is 12.5. The summed E-state index contributed by atoms with van der Waals surface area (Å²) in [6, 6.07) is 0.462. The standard InChI is InChI=1S/C15H24N4O3S/c1-11-16-17-15(22-11)23-10-14(20)19-8-12-3-4-13(9-19)18(7-12)5-6-21-2/h12-13H,3-10H2,1-2H3/t12-,13-/m0/s1. The molecule has 1 aromatic rings. The zero-order valence-electron chi connectivity index (χ0n) is 13.7. The van der Waals surface area contributed by atoms with Gasteiger partial charge in [-0.05, 0) is 18.8 Å². The number of rotatable bonds is 6. The Morgan fingerprint density at radius 3 is 2.96 bits per heavy atom. The number of thioether (sulfide) groups is 1. The normalized spacial score (nSPS) is 24.9. The summed E-state index contributed by atoms with van der Waals surface area (Å²) >= 11 is 1.32. The molecule has 1 aromatic heterocycles. The number of hydrogen-bond acceptors (Lipinski definition) is 7. The fraction of sp³-hybridized carbons (Fsp3) is 0.800. The summed E-state index contributed by atoms with van der Waals surface area (Å²) in [6.45, 7) is 6.22. The molecule has 0 radical (unpaired) electrons. The monoisotopic (exact) mass is 340 g/mol. The lowest BCUT2D eigenvalue weighted by Crippen LogP contribution is -2.45. The summed E-state index contributed by atoms with van der Waals surface area (Å²) in [7, 11) is 1.74. The van der Waals surface area contributed by atoms with E-state index in [0.717, 1.165) is 32.8 Å². The molecule has 2 bridgehead atoms. The first-order valence-electron chi connectivity index (χ1n) is 8.09. The van der Waals surface area contributed by atoms with E-state index < -0.39 is 0 Å². The smallest absolute Gasteiger partial charge is 0.277 e. The number of ether oxygens (including phenoxy) is 1. The van der Waals surface area contributed by atoms with Crippen LogP contribution in [0, 0.1) is 12.8 Å². The molecule has 0 spiro atoms. The van der Waals surface area contributed by atoms with Gasteiger partial charge >= 0.3 is 0 Å². The van der Waals surface area contributed by atoms with Gasteiger partial charge in [0.05, 0.1) is 12.4 Å². The predicted molar refractivity (Wildman–Crippen MR) is 86.3 cm³/mol. The Hall–Kier alpha value is -1.12. The first-order valence-corrected chi connectivity index (χ1v) is 9.08. The van der Waals surface area contributed by atoms with Gasteiger partial charge in [-0.3, -0.25) is 9.69 Å². The highest BCUT2D eigenvalue weighted by Gasteiger charge is 2.36. The quantitative estimate of drug-likeness (QED) is 0.717. The van der Waals surface area contributed by atoms with Gasteiger partial charge in [-0.1, -0.05) is 11.8 Å². The van der Waals surface area contributed by atoms with Crippen LogP contribution in [0.25, 0.3) is 0 Å². The van der Waals surface area contributed by atoms with E-state index in [0.29, 0.717) is 28.8 Å². The van der Waals surface area contributed by atoms with Crippen LogP contribution in [0.15, 0.2) is 9.64 Å². The lowest BCUT2D eigenvalue weighted by atomic mass is 9.95. The number of carbonyl (C=O) groups is 1. The van der Waals surface area contributed by atoms with E-state index in [2.05, 4.69) is 15.1 Å². The number of fused-ring (bicyclic) bond motifs is 4. The van der Waals surface area contributed by atoms with Crippen LogP contribution >= 0.6 is 11.8 Å². The van der Waals surface area contributed by atoms with Crippen molar-refractivity contribution >= 4 is 17.7 Å². The lowest BCUT2D eigenvalue weighted by molar-refractivity contribution is -0.128. The Kier molecular flexibility index (Phi) is 5.55. The van der Waals surface area contributed by atoms with Gasteiger partial charge in [-0.2, -0.15) is 0 Å². The molecule has 2 atom stereocenters. The highest BCUT2D eigenvalue weighted by atomic mass is 32.2. The molecule has 3 aliphatic heterocycles. The van der Waals surface area contributed by atoms with E-state index in [9.17, 15) is 4.79 Å². The van der Waals surface area contributed by atoms with Crippen LogP contribution in [-0.2, 0) is 9.53 Å². The molecular formula is C15H24N4O3S. The molecule has 0 unspecified atom stereocenters. The Labute approximate surface area is 140 Å². The van der Waals surface area contributed by atoms with Gasteiger partial charge in [0, 0.05) is 46.3 Å². The summed E-state index contributed by atoms with van der Waals surface area (Å²) in [6.07, 6.45) is 2.39. The van der Waals surface area contributed by atoms with Crippen molar-refractivity contribution < 1.29 is 13.9 Å². The number of amides is 1. The number of methoxy groups -OCH3 is 1. The molecule has 0 aliphatic carbocycles. The zero-order valence-corrected chi connectivity index (χ0v) is 14.5. The minimum absolute atomic E-state index is 0.163. The van der Waals surface area contributed by atoms with Gasteiger partial charge in [0.2, 0.25) is 11.8 Å². The molecule has 0 aromatic carbocycles. The molecule has 1 amide bonds. The van der Waals surface area contributed by atoms with E-state index in [1.807, 2.05) is 4.90 Å². The zero-order chi connectivity index (χ0) is 16.2. The number of piperidine rings is 1. The Morgan fingerprint density at radius 2 is 2.22 bits per heavy atom. The second kappa shape index (κ2) is 7.63. The van der Waals surface area contributed by atoms with Crippen molar-refractivity contribution in [3.05, 3.63) is 5.89 Å². The Bertz CT molecular complexity index is 539. The maximum absolute atomic E-state index is 12.5. The third-order valence-corrected chi connectivity index (χ3v) is 5.39. The largest absolute Gasteiger partial charge is 0.416 e. The molecule has 3 fully saturated rings. The van der Waals surface area contributed by atoms with Crippen LogP contribution in [0.4, 0.5) is 0 Å². The Balaban J connectivity index is 1.55. The molecule has 4 heterocycles. The molecule has 7 nitrogen and oxygen atoms in total. The fourth-order valence-corrected chi connectivity index (χ4v) is 4.12. The fourth-order valence-electron chi connectivity index (χ4n) is 3.42. The number of aromatic nitrogens is 2. The van der Waals surface area contributed by atoms with Crippen molar-refractivity contribution in [1.82, 2.24) is 20.0 Å². The van der Waals surface area contributed by atoms with Crippen molar-refractivity contribution in [2.75, 3.05) is 45.6 Å². The summed E-state index contributed by atoms with van der Waals surface area (Å²) in [4.78, 5) is 17.0. The average molecular weight is 340 g/mol. The molecule has 3 saturated heterocycles. The van der Waals surface area contributed by atoms with E-state index in [4.69, 9.17) is 9.15 Å². The van der Waals surface area contributed by atoms with Crippen molar-refractivity contribution in [2.24, 2.45) is 5.92 Å². The molecular weight excluding hydrogens is 316 g/mol. The van der Waals surface area contributed by atoms with Gasteiger partial charge in [0.25, 0.3) is 5.22 Å². The molecule has 0 saturated carbocycles. The Morgan fingerprint density at radius 1 is 1.35 bits per heavy atom. The highest BCUT2D eigenvalue weighted by Crippen LogP contribution is 2.28. The summed E-state index contributed by atoms with van der Waals surface area (Å²) in [5, 5.41) is 8.17. The van der Waals surface area contributed by atoms with Crippen LogP contribution in [0.1, 0.15) is 18.7 Å². The molecule has 8 heteroatoms. The number of hydrogen-bond donors (Lipinski definition) is 0. The van der Waals surface area contributed by atoms with Gasteiger partial charge in [0.1, 0.15) is 0 Å². The predicted octanol–water partition coefficient (Wildman–Crippen LogP) is 1.04. The van der Waals surface area contributed by atoms with Gasteiger partial charge < -0.3 is 14.1 Å². The molecule has 128 valence electrons. The third kappa shape index (κ3) is 4.24. The van der Waals surface area contributed by atoms with Gasteiger partial charge in [-0.15, -0.1) is 10.2 Å². The van der Waals surface area contributed by atoms with Crippen LogP contribution in [0.5, 0.6) is 0 Å². The second-order valence-corrected chi connectivity index (χ2v) is 7.19.